The molecule has 18 heavy (non-hydrogen) atoms. The number of carbonyl (C=O) groups excluding carboxylic acids is 1. The Bertz CT molecular complexity index is 572. The molecule has 0 aliphatic carbocycles. The van der Waals surface area contributed by atoms with Crippen LogP contribution in [-0.4, -0.2) is 18.0 Å². The number of rotatable bonds is 3. The predicted molar refractivity (Wildman–Crippen MR) is 72.9 cm³/mol. The van der Waals surface area contributed by atoms with Gasteiger partial charge in [-0.25, -0.2) is 4.98 Å². The first kappa shape index (κ1) is 12.6. The summed E-state index contributed by atoms with van der Waals surface area (Å²) in [7, 11) is 1.53. The number of ether oxygens (including phenoxy) is 1. The van der Waals surface area contributed by atoms with Gasteiger partial charge in [-0.2, -0.15) is 0 Å². The van der Waals surface area contributed by atoms with E-state index in [1.807, 2.05) is 6.07 Å². The molecule has 0 radical (unpaired) electrons. The Balaban J connectivity index is 2.22. The topological polar surface area (TPSA) is 51.2 Å². The van der Waals surface area contributed by atoms with Gasteiger partial charge in [-0.3, -0.25) is 4.79 Å². The summed E-state index contributed by atoms with van der Waals surface area (Å²) < 4.78 is 5.80. The van der Waals surface area contributed by atoms with Crippen LogP contribution in [0.3, 0.4) is 0 Å². The fourth-order valence-electron chi connectivity index (χ4n) is 1.49. The summed E-state index contributed by atoms with van der Waals surface area (Å²) in [6, 6.07) is 12.3. The molecule has 0 bridgehead atoms. The van der Waals surface area contributed by atoms with Crippen molar-refractivity contribution in [1.29, 1.82) is 0 Å². The fraction of sp³-hybridized carbons (Fsp3) is 0.0769. The van der Waals surface area contributed by atoms with Gasteiger partial charge in [0.25, 0.3) is 5.91 Å². The van der Waals surface area contributed by atoms with Crippen molar-refractivity contribution in [2.45, 2.75) is 0 Å². The van der Waals surface area contributed by atoms with Gasteiger partial charge in [-0.1, -0.05) is 18.2 Å². The lowest BCUT2D eigenvalue weighted by Gasteiger charge is -2.08. The van der Waals surface area contributed by atoms with Crippen molar-refractivity contribution in [3.8, 4) is 5.75 Å². The van der Waals surface area contributed by atoms with Gasteiger partial charge < -0.3 is 10.1 Å². The molecule has 0 spiro atoms. The van der Waals surface area contributed by atoms with E-state index in [0.717, 1.165) is 0 Å². The van der Waals surface area contributed by atoms with Crippen LogP contribution in [0.4, 0.5) is 5.82 Å². The Kier molecular flexibility index (Phi) is 3.94. The van der Waals surface area contributed by atoms with Crippen LogP contribution >= 0.6 is 15.9 Å². The lowest BCUT2D eigenvalue weighted by molar-refractivity contribution is 0.102. The number of para-hydroxylation sites is 1. The number of nitrogens with zero attached hydrogens (tertiary/aromatic N) is 1. The normalized spacial score (nSPS) is 9.89. The van der Waals surface area contributed by atoms with Crippen LogP contribution in [0.25, 0.3) is 0 Å². The molecule has 5 heteroatoms. The summed E-state index contributed by atoms with van der Waals surface area (Å²) in [5.41, 5.74) is 0.474. The van der Waals surface area contributed by atoms with Crippen LogP contribution in [0.1, 0.15) is 10.4 Å². The summed E-state index contributed by atoms with van der Waals surface area (Å²) in [6.45, 7) is 0. The van der Waals surface area contributed by atoms with Crippen molar-refractivity contribution in [3.63, 3.8) is 0 Å². The van der Waals surface area contributed by atoms with E-state index in [-0.39, 0.29) is 5.91 Å². The third-order valence-corrected chi connectivity index (χ3v) is 2.75. The molecule has 1 aromatic heterocycles. The van der Waals surface area contributed by atoms with Crippen molar-refractivity contribution in [3.05, 3.63) is 52.6 Å². The largest absolute Gasteiger partial charge is 0.496 e. The molecule has 0 atom stereocenters. The van der Waals surface area contributed by atoms with E-state index in [9.17, 15) is 4.79 Å². The van der Waals surface area contributed by atoms with Gasteiger partial charge >= 0.3 is 0 Å². The molecule has 1 heterocycles. The first-order valence-electron chi connectivity index (χ1n) is 5.27. The number of anilines is 1. The number of halogens is 1. The number of nitrogens with one attached hydrogen (secondary N) is 1. The lowest BCUT2D eigenvalue weighted by Crippen LogP contribution is -2.14. The van der Waals surface area contributed by atoms with Crippen LogP contribution in [0, 0.1) is 0 Å². The van der Waals surface area contributed by atoms with E-state index >= 15 is 0 Å². The maximum absolute atomic E-state index is 12.1. The molecule has 0 aliphatic heterocycles. The zero-order chi connectivity index (χ0) is 13.0. The molecule has 0 fully saturated rings. The van der Waals surface area contributed by atoms with Gasteiger partial charge in [-0.05, 0) is 40.2 Å². The predicted octanol–water partition coefficient (Wildman–Crippen LogP) is 3.11. The van der Waals surface area contributed by atoms with Crippen molar-refractivity contribution in [1.82, 2.24) is 4.98 Å². The minimum absolute atomic E-state index is 0.252. The fourth-order valence-corrected chi connectivity index (χ4v) is 1.84. The number of carbonyl (C=O) groups is 1. The molecule has 1 aromatic carbocycles. The number of hydrogen-bond donors (Lipinski definition) is 1. The highest BCUT2D eigenvalue weighted by Gasteiger charge is 2.11. The molecule has 0 saturated heterocycles. The van der Waals surface area contributed by atoms with Crippen molar-refractivity contribution < 1.29 is 9.53 Å². The zero-order valence-corrected chi connectivity index (χ0v) is 11.3. The number of benzene rings is 1. The highest BCUT2D eigenvalue weighted by Crippen LogP contribution is 2.19. The number of methoxy groups -OCH3 is 1. The minimum Gasteiger partial charge on any atom is -0.496 e. The lowest BCUT2D eigenvalue weighted by atomic mass is 10.2. The van der Waals surface area contributed by atoms with Crippen LogP contribution in [0.2, 0.25) is 0 Å². The third-order valence-electron chi connectivity index (χ3n) is 2.31. The minimum atomic E-state index is -0.252. The zero-order valence-electron chi connectivity index (χ0n) is 9.68. The van der Waals surface area contributed by atoms with Gasteiger partial charge in [-0.15, -0.1) is 0 Å². The van der Waals surface area contributed by atoms with Gasteiger partial charge in [0.15, 0.2) is 0 Å². The summed E-state index contributed by atoms with van der Waals surface area (Å²) in [5.74, 6) is 0.767. The molecule has 0 saturated carbocycles. The Morgan fingerprint density at radius 1 is 1.22 bits per heavy atom. The molecule has 2 rings (SSSR count). The van der Waals surface area contributed by atoms with Crippen LogP contribution in [0.5, 0.6) is 5.75 Å². The van der Waals surface area contributed by atoms with Crippen LogP contribution in [0.15, 0.2) is 47.1 Å². The van der Waals surface area contributed by atoms with Gasteiger partial charge in [0.05, 0.1) is 12.7 Å². The number of pyridine rings is 1. The summed E-state index contributed by atoms with van der Waals surface area (Å²) in [4.78, 5) is 16.2. The maximum atomic E-state index is 12.1. The van der Waals surface area contributed by atoms with Gasteiger partial charge in [0.1, 0.15) is 16.2 Å². The first-order chi connectivity index (χ1) is 8.70. The molecule has 1 N–H and O–H groups in total. The highest BCUT2D eigenvalue weighted by atomic mass is 79.9. The molecular weight excluding hydrogens is 296 g/mol. The highest BCUT2D eigenvalue weighted by molar-refractivity contribution is 9.10. The summed E-state index contributed by atoms with van der Waals surface area (Å²) in [6.07, 6.45) is 0. The second-order valence-electron chi connectivity index (χ2n) is 3.50. The van der Waals surface area contributed by atoms with Crippen molar-refractivity contribution >= 4 is 27.7 Å². The molecular formula is C13H11BrN2O2. The standard InChI is InChI=1S/C13H11BrN2O2/c1-18-10-6-3-2-5-9(10)13(17)16-12-8-4-7-11(14)15-12/h2-8H,1H3,(H,15,16,17). The van der Waals surface area contributed by atoms with Gasteiger partial charge in [0.2, 0.25) is 0 Å². The molecule has 0 unspecified atom stereocenters. The number of hydrogen-bond acceptors (Lipinski definition) is 3. The van der Waals surface area contributed by atoms with Gasteiger partial charge in [0, 0.05) is 0 Å². The SMILES string of the molecule is COc1ccccc1C(=O)Nc1cccc(Br)n1. The van der Waals surface area contributed by atoms with Crippen LogP contribution in [-0.2, 0) is 0 Å². The van der Waals surface area contributed by atoms with Crippen molar-refractivity contribution in [2.75, 3.05) is 12.4 Å². The first-order valence-corrected chi connectivity index (χ1v) is 6.07. The number of aromatic nitrogens is 1. The Labute approximate surface area is 113 Å². The quantitative estimate of drug-likeness (QED) is 0.887. The maximum Gasteiger partial charge on any atom is 0.260 e. The average Bonchev–Trinajstić information content (AvgIpc) is 2.38. The van der Waals surface area contributed by atoms with E-state index in [4.69, 9.17) is 4.74 Å². The average molecular weight is 307 g/mol. The van der Waals surface area contributed by atoms with Crippen molar-refractivity contribution in [2.24, 2.45) is 0 Å². The second kappa shape index (κ2) is 5.64. The third kappa shape index (κ3) is 2.87. The number of amides is 1. The molecule has 4 nitrogen and oxygen atoms in total. The van der Waals surface area contributed by atoms with Crippen LogP contribution < -0.4 is 10.1 Å². The molecule has 92 valence electrons. The molecule has 1 amide bonds. The van der Waals surface area contributed by atoms with E-state index in [1.165, 1.54) is 7.11 Å². The smallest absolute Gasteiger partial charge is 0.260 e. The van der Waals surface area contributed by atoms with E-state index in [2.05, 4.69) is 26.2 Å². The Morgan fingerprint density at radius 3 is 2.72 bits per heavy atom. The monoisotopic (exact) mass is 306 g/mol. The molecule has 0 aliphatic rings. The molecule has 2 aromatic rings. The Hall–Kier alpha value is -1.88. The second-order valence-corrected chi connectivity index (χ2v) is 4.31. The Morgan fingerprint density at radius 2 is 2.00 bits per heavy atom. The van der Waals surface area contributed by atoms with E-state index < -0.39 is 0 Å². The summed E-state index contributed by atoms with van der Waals surface area (Å²) >= 11 is 3.25. The van der Waals surface area contributed by atoms with E-state index in [0.29, 0.717) is 21.7 Å². The van der Waals surface area contributed by atoms with E-state index in [1.54, 1.807) is 36.4 Å². The summed E-state index contributed by atoms with van der Waals surface area (Å²) in [5, 5.41) is 2.71.